The van der Waals surface area contributed by atoms with E-state index in [0.29, 0.717) is 25.9 Å². The van der Waals surface area contributed by atoms with E-state index in [2.05, 4.69) is 35.1 Å². The zero-order chi connectivity index (χ0) is 21.1. The fraction of sp³-hybridized carbons (Fsp3) is 0.409. The molecule has 5 nitrogen and oxygen atoms in total. The van der Waals surface area contributed by atoms with Crippen LogP contribution < -0.4 is 5.32 Å². The maximum Gasteiger partial charge on any atom is 0.243 e. The van der Waals surface area contributed by atoms with Gasteiger partial charge in [-0.2, -0.15) is 4.31 Å². The number of nitrogens with one attached hydrogen (secondary N) is 1. The van der Waals surface area contributed by atoms with E-state index < -0.39 is 10.0 Å². The van der Waals surface area contributed by atoms with Crippen molar-refractivity contribution in [2.24, 2.45) is 5.92 Å². The van der Waals surface area contributed by atoms with Crippen molar-refractivity contribution in [1.29, 1.82) is 0 Å². The smallest absolute Gasteiger partial charge is 0.243 e. The van der Waals surface area contributed by atoms with Crippen molar-refractivity contribution in [3.8, 4) is 0 Å². The number of carbonyl (C=O) groups is 1. The minimum absolute atomic E-state index is 0.0804. The summed E-state index contributed by atoms with van der Waals surface area (Å²) in [6, 6.07) is 16.5. The molecular formula is C22H27BrN2O3S. The van der Waals surface area contributed by atoms with Crippen LogP contribution in [-0.4, -0.2) is 38.3 Å². The van der Waals surface area contributed by atoms with Gasteiger partial charge in [-0.05, 0) is 42.7 Å². The van der Waals surface area contributed by atoms with Crippen molar-refractivity contribution in [3.63, 3.8) is 0 Å². The number of carbonyl (C=O) groups excluding carboxylic acids is 1. The maximum absolute atomic E-state index is 12.9. The molecule has 0 saturated carbocycles. The van der Waals surface area contributed by atoms with E-state index in [1.54, 1.807) is 30.3 Å². The lowest BCUT2D eigenvalue weighted by Crippen LogP contribution is -2.47. The highest BCUT2D eigenvalue weighted by Crippen LogP contribution is 2.26. The Morgan fingerprint density at radius 3 is 2.45 bits per heavy atom. The van der Waals surface area contributed by atoms with Gasteiger partial charge < -0.3 is 5.32 Å². The quantitative estimate of drug-likeness (QED) is 0.683. The molecule has 0 bridgehead atoms. The molecule has 156 valence electrons. The summed E-state index contributed by atoms with van der Waals surface area (Å²) in [6.07, 6.45) is 1.38. The molecule has 29 heavy (non-hydrogen) atoms. The van der Waals surface area contributed by atoms with Gasteiger partial charge in [-0.3, -0.25) is 4.79 Å². The number of benzene rings is 2. The summed E-state index contributed by atoms with van der Waals surface area (Å²) < 4.78 is 28.2. The Kier molecular flexibility index (Phi) is 6.81. The van der Waals surface area contributed by atoms with E-state index in [1.165, 1.54) is 4.31 Å². The van der Waals surface area contributed by atoms with Crippen molar-refractivity contribution in [1.82, 2.24) is 9.62 Å². The molecule has 0 spiro atoms. The third-order valence-electron chi connectivity index (χ3n) is 5.47. The average Bonchev–Trinajstić information content (AvgIpc) is 2.73. The topological polar surface area (TPSA) is 66.5 Å². The van der Waals surface area contributed by atoms with E-state index in [9.17, 15) is 13.2 Å². The van der Waals surface area contributed by atoms with Crippen molar-refractivity contribution in [3.05, 3.63) is 64.6 Å². The number of nitrogens with zero attached hydrogens (tertiary/aromatic N) is 1. The molecule has 1 heterocycles. The van der Waals surface area contributed by atoms with Crippen LogP contribution in [0.1, 0.15) is 32.3 Å². The number of rotatable bonds is 6. The van der Waals surface area contributed by atoms with Crippen LogP contribution in [-0.2, 0) is 20.2 Å². The third kappa shape index (κ3) is 5.27. The molecule has 2 aromatic carbocycles. The van der Waals surface area contributed by atoms with E-state index >= 15 is 0 Å². The van der Waals surface area contributed by atoms with Gasteiger partial charge in [0.05, 0.1) is 10.8 Å². The Labute approximate surface area is 181 Å². The van der Waals surface area contributed by atoms with E-state index in [4.69, 9.17) is 0 Å². The zero-order valence-corrected chi connectivity index (χ0v) is 19.2. The van der Waals surface area contributed by atoms with Crippen LogP contribution in [0.3, 0.4) is 0 Å². The summed E-state index contributed by atoms with van der Waals surface area (Å²) in [7, 11) is -3.57. The van der Waals surface area contributed by atoms with Crippen LogP contribution in [0, 0.1) is 5.92 Å². The normalized spacial score (nSPS) is 18.4. The van der Waals surface area contributed by atoms with Crippen LogP contribution in [0.2, 0.25) is 0 Å². The summed E-state index contributed by atoms with van der Waals surface area (Å²) in [6.45, 7) is 5.34. The van der Waals surface area contributed by atoms with Crippen molar-refractivity contribution < 1.29 is 13.2 Å². The second kappa shape index (κ2) is 8.98. The highest BCUT2D eigenvalue weighted by molar-refractivity contribution is 9.10. The van der Waals surface area contributed by atoms with Gasteiger partial charge in [0.25, 0.3) is 0 Å². The second-order valence-corrected chi connectivity index (χ2v) is 11.0. The molecule has 3 rings (SSSR count). The fourth-order valence-corrected chi connectivity index (χ4v) is 5.38. The van der Waals surface area contributed by atoms with Crippen molar-refractivity contribution in [2.45, 2.75) is 37.0 Å². The summed E-state index contributed by atoms with van der Waals surface area (Å²) >= 11 is 3.44. The summed E-state index contributed by atoms with van der Waals surface area (Å²) in [4.78, 5) is 13.1. The summed E-state index contributed by atoms with van der Waals surface area (Å²) in [5, 5.41) is 3.05. The summed E-state index contributed by atoms with van der Waals surface area (Å²) in [5.41, 5.74) is 0.916. The van der Waals surface area contributed by atoms with E-state index in [-0.39, 0.29) is 28.7 Å². The zero-order valence-electron chi connectivity index (χ0n) is 16.8. The first kappa shape index (κ1) is 22.0. The molecule has 1 amide bonds. The first-order valence-electron chi connectivity index (χ1n) is 9.79. The monoisotopic (exact) mass is 478 g/mol. The van der Waals surface area contributed by atoms with Gasteiger partial charge in [0, 0.05) is 29.5 Å². The molecule has 1 aliphatic rings. The molecule has 2 aromatic rings. The number of piperidine rings is 1. The van der Waals surface area contributed by atoms with Crippen LogP contribution in [0.25, 0.3) is 0 Å². The second-order valence-electron chi connectivity index (χ2n) is 8.12. The number of hydrogen-bond donors (Lipinski definition) is 1. The van der Waals surface area contributed by atoms with Gasteiger partial charge in [0.15, 0.2) is 0 Å². The van der Waals surface area contributed by atoms with Crippen LogP contribution >= 0.6 is 15.9 Å². The highest BCUT2D eigenvalue weighted by atomic mass is 79.9. The van der Waals surface area contributed by atoms with Crippen LogP contribution in [0.15, 0.2) is 64.0 Å². The molecule has 0 aromatic heterocycles. The third-order valence-corrected chi connectivity index (χ3v) is 7.87. The molecule has 1 atom stereocenters. The van der Waals surface area contributed by atoms with Gasteiger partial charge in [-0.15, -0.1) is 0 Å². The predicted octanol–water partition coefficient (Wildman–Crippen LogP) is 3.94. The molecular weight excluding hydrogens is 452 g/mol. The predicted molar refractivity (Wildman–Crippen MR) is 118 cm³/mol. The SMILES string of the molecule is CC(C)(CNC(=O)C1CCCN(S(=O)(=O)c2ccccc2)C1)c1ccc(Br)cc1. The van der Waals surface area contributed by atoms with Gasteiger partial charge in [0.2, 0.25) is 15.9 Å². The molecule has 1 fully saturated rings. The number of sulfonamides is 1. The standard InChI is InChI=1S/C22H27BrN2O3S/c1-22(2,18-10-12-19(23)13-11-18)16-24-21(26)17-7-6-14-25(15-17)29(27,28)20-8-4-3-5-9-20/h3-5,8-13,17H,6-7,14-16H2,1-2H3,(H,24,26). The minimum Gasteiger partial charge on any atom is -0.355 e. The first-order chi connectivity index (χ1) is 13.7. The lowest BCUT2D eigenvalue weighted by atomic mass is 9.84. The Hall–Kier alpha value is -1.70. The lowest BCUT2D eigenvalue weighted by Gasteiger charge is -2.32. The van der Waals surface area contributed by atoms with Gasteiger partial charge in [-0.25, -0.2) is 8.42 Å². The van der Waals surface area contributed by atoms with Gasteiger partial charge in [0.1, 0.15) is 0 Å². The fourth-order valence-electron chi connectivity index (χ4n) is 3.57. The Morgan fingerprint density at radius 2 is 1.79 bits per heavy atom. The van der Waals surface area contributed by atoms with E-state index in [1.807, 2.05) is 24.3 Å². The van der Waals surface area contributed by atoms with Crippen LogP contribution in [0.4, 0.5) is 0 Å². The van der Waals surface area contributed by atoms with Gasteiger partial charge in [-0.1, -0.05) is 60.1 Å². The Bertz CT molecular complexity index is 944. The highest BCUT2D eigenvalue weighted by Gasteiger charge is 2.33. The Balaban J connectivity index is 1.63. The van der Waals surface area contributed by atoms with Crippen LogP contribution in [0.5, 0.6) is 0 Å². The van der Waals surface area contributed by atoms with Crippen molar-refractivity contribution >= 4 is 31.9 Å². The summed E-state index contributed by atoms with van der Waals surface area (Å²) in [5.74, 6) is -0.411. The molecule has 0 radical (unpaired) electrons. The largest absolute Gasteiger partial charge is 0.355 e. The lowest BCUT2D eigenvalue weighted by molar-refractivity contribution is -0.126. The molecule has 1 unspecified atom stereocenters. The number of amides is 1. The van der Waals surface area contributed by atoms with E-state index in [0.717, 1.165) is 10.0 Å². The minimum atomic E-state index is -3.57. The molecule has 1 saturated heterocycles. The number of hydrogen-bond acceptors (Lipinski definition) is 3. The first-order valence-corrected chi connectivity index (χ1v) is 12.0. The van der Waals surface area contributed by atoms with Gasteiger partial charge >= 0.3 is 0 Å². The molecule has 7 heteroatoms. The molecule has 0 aliphatic carbocycles. The average molecular weight is 479 g/mol. The van der Waals surface area contributed by atoms with Crippen molar-refractivity contribution in [2.75, 3.05) is 19.6 Å². The number of halogens is 1. The molecule has 1 aliphatic heterocycles. The molecule has 1 N–H and O–H groups in total. The maximum atomic E-state index is 12.9. The Morgan fingerprint density at radius 1 is 1.14 bits per heavy atom.